The minimum absolute atomic E-state index is 0.0109. The molecular formula is C62H53N3S. The third-order valence-electron chi connectivity index (χ3n) is 14.3. The van der Waals surface area contributed by atoms with Crippen LogP contribution < -0.4 is 9.80 Å². The highest BCUT2D eigenvalue weighted by Gasteiger charge is 2.39. The second-order valence-electron chi connectivity index (χ2n) is 19.6. The van der Waals surface area contributed by atoms with Crippen molar-refractivity contribution in [3.05, 3.63) is 211 Å². The number of nitrogens with zero attached hydrogens (tertiary/aromatic N) is 3. The van der Waals surface area contributed by atoms with Crippen LogP contribution in [0.5, 0.6) is 0 Å². The molecule has 3 nitrogen and oxygen atoms in total. The summed E-state index contributed by atoms with van der Waals surface area (Å²) in [6.45, 7) is 13.0. The number of aromatic nitrogens is 1. The molecule has 2 aromatic heterocycles. The van der Waals surface area contributed by atoms with Crippen molar-refractivity contribution in [1.82, 2.24) is 4.57 Å². The zero-order chi connectivity index (χ0) is 44.7. The highest BCUT2D eigenvalue weighted by atomic mass is 32.1. The molecule has 8 aromatic carbocycles. The quantitative estimate of drug-likeness (QED) is 0.158. The van der Waals surface area contributed by atoms with Crippen molar-refractivity contribution in [3.8, 4) is 50.3 Å². The molecule has 322 valence electrons. The lowest BCUT2D eigenvalue weighted by molar-refractivity contribution is 0.484. The Morgan fingerprint density at radius 2 is 1.21 bits per heavy atom. The Bertz CT molecular complexity index is 3460. The predicted molar refractivity (Wildman–Crippen MR) is 283 cm³/mol. The van der Waals surface area contributed by atoms with E-state index in [4.69, 9.17) is 0 Å². The fourth-order valence-electron chi connectivity index (χ4n) is 11.1. The molecule has 0 amide bonds. The van der Waals surface area contributed by atoms with E-state index in [0.29, 0.717) is 0 Å². The molecule has 0 unspecified atom stereocenters. The summed E-state index contributed by atoms with van der Waals surface area (Å²) in [5, 5.41) is 2.62. The summed E-state index contributed by atoms with van der Waals surface area (Å²) in [5.41, 5.74) is 18.8. The van der Waals surface area contributed by atoms with E-state index >= 15 is 0 Å². The Kier molecular flexibility index (Phi) is 9.48. The summed E-state index contributed by atoms with van der Waals surface area (Å²) in [4.78, 5) is 5.14. The third-order valence-corrected chi connectivity index (χ3v) is 15.4. The minimum Gasteiger partial charge on any atom is -0.366 e. The van der Waals surface area contributed by atoms with Crippen LogP contribution in [-0.4, -0.2) is 16.7 Å². The van der Waals surface area contributed by atoms with E-state index in [1.807, 2.05) is 11.3 Å². The van der Waals surface area contributed by atoms with Crippen molar-refractivity contribution in [2.45, 2.75) is 58.4 Å². The molecule has 0 saturated carbocycles. The average molecular weight is 872 g/mol. The lowest BCUT2D eigenvalue weighted by atomic mass is 9.81. The van der Waals surface area contributed by atoms with Crippen molar-refractivity contribution in [2.75, 3.05) is 16.3 Å². The highest BCUT2D eigenvalue weighted by Crippen LogP contribution is 2.56. The molecule has 1 aliphatic carbocycles. The van der Waals surface area contributed by atoms with Gasteiger partial charge in [0.2, 0.25) is 0 Å². The average Bonchev–Trinajstić information content (AvgIpc) is 4.02. The molecule has 4 heteroatoms. The maximum Gasteiger partial charge on any atom is 0.122 e. The molecule has 0 fully saturated rings. The van der Waals surface area contributed by atoms with Gasteiger partial charge in [0, 0.05) is 66.0 Å². The van der Waals surface area contributed by atoms with E-state index in [-0.39, 0.29) is 11.0 Å². The van der Waals surface area contributed by atoms with Gasteiger partial charge in [0.15, 0.2) is 0 Å². The molecule has 2 aliphatic rings. The van der Waals surface area contributed by atoms with E-state index < -0.39 is 0 Å². The van der Waals surface area contributed by atoms with Crippen molar-refractivity contribution < 1.29 is 0 Å². The van der Waals surface area contributed by atoms with E-state index in [1.54, 1.807) is 0 Å². The monoisotopic (exact) mass is 871 g/mol. The standard InChI is InChI=1S/C62H53N3S/c1-61(2,3)63-37-17-25-48-47(24-16-27-56(48)63)52-39-46(40-54-60(52)51-23-12-14-26-53(51)62(54,4)5)64(45-32-29-42(30-33-45)41-18-8-6-9-19-41)59-36-35-55(65(59)44-20-10-7-11-21-44)43-31-34-50-49-22-13-15-28-57(49)66-58(50)38-43/h6-16,18-24,26-36,38-40H,17,25,37H2,1-5H3. The van der Waals surface area contributed by atoms with Crippen LogP contribution in [-0.2, 0) is 11.8 Å². The highest BCUT2D eigenvalue weighted by molar-refractivity contribution is 7.25. The zero-order valence-electron chi connectivity index (χ0n) is 38.3. The van der Waals surface area contributed by atoms with Gasteiger partial charge in [0.05, 0.1) is 5.69 Å². The van der Waals surface area contributed by atoms with Crippen LogP contribution in [0.25, 0.3) is 70.5 Å². The Balaban J connectivity index is 1.13. The number of rotatable bonds is 7. The number of hydrogen-bond acceptors (Lipinski definition) is 3. The molecule has 0 bridgehead atoms. The zero-order valence-corrected chi connectivity index (χ0v) is 39.2. The van der Waals surface area contributed by atoms with Gasteiger partial charge in [-0.15, -0.1) is 11.3 Å². The topological polar surface area (TPSA) is 11.4 Å². The van der Waals surface area contributed by atoms with Gasteiger partial charge >= 0.3 is 0 Å². The maximum atomic E-state index is 2.63. The number of anilines is 4. The van der Waals surface area contributed by atoms with Crippen LogP contribution in [0.2, 0.25) is 0 Å². The molecule has 3 heterocycles. The van der Waals surface area contributed by atoms with Crippen molar-refractivity contribution in [3.63, 3.8) is 0 Å². The van der Waals surface area contributed by atoms with Gasteiger partial charge in [-0.2, -0.15) is 0 Å². The van der Waals surface area contributed by atoms with Crippen molar-refractivity contribution >= 4 is 54.4 Å². The number of para-hydroxylation sites is 1. The van der Waals surface area contributed by atoms with E-state index in [1.165, 1.54) is 81.5 Å². The molecule has 0 N–H and O–H groups in total. The molecule has 0 radical (unpaired) electrons. The van der Waals surface area contributed by atoms with Gasteiger partial charge in [-0.3, -0.25) is 9.47 Å². The van der Waals surface area contributed by atoms with Crippen molar-refractivity contribution in [1.29, 1.82) is 0 Å². The van der Waals surface area contributed by atoms with Crippen LogP contribution in [0.3, 0.4) is 0 Å². The predicted octanol–water partition coefficient (Wildman–Crippen LogP) is 17.2. The van der Waals surface area contributed by atoms with E-state index in [9.17, 15) is 0 Å². The molecule has 0 saturated heterocycles. The first kappa shape index (κ1) is 40.4. The fourth-order valence-corrected chi connectivity index (χ4v) is 12.3. The lowest BCUT2D eigenvalue weighted by Gasteiger charge is -2.42. The molecule has 12 rings (SSSR count). The normalized spacial score (nSPS) is 14.0. The summed E-state index contributed by atoms with van der Waals surface area (Å²) in [6.07, 6.45) is 2.18. The summed E-state index contributed by atoms with van der Waals surface area (Å²) < 4.78 is 5.08. The second-order valence-corrected chi connectivity index (χ2v) is 20.7. The maximum absolute atomic E-state index is 2.63. The van der Waals surface area contributed by atoms with Gasteiger partial charge in [-0.05, 0) is 150 Å². The van der Waals surface area contributed by atoms with Crippen LogP contribution in [0, 0.1) is 0 Å². The number of fused-ring (bicyclic) bond motifs is 7. The Morgan fingerprint density at radius 3 is 2.02 bits per heavy atom. The van der Waals surface area contributed by atoms with Gasteiger partial charge < -0.3 is 4.90 Å². The first-order valence-electron chi connectivity index (χ1n) is 23.5. The summed E-state index contributed by atoms with van der Waals surface area (Å²) in [5.74, 6) is 1.08. The number of benzene rings is 8. The van der Waals surface area contributed by atoms with Gasteiger partial charge in [-0.1, -0.05) is 141 Å². The first-order valence-corrected chi connectivity index (χ1v) is 24.3. The molecule has 66 heavy (non-hydrogen) atoms. The van der Waals surface area contributed by atoms with E-state index in [2.05, 4.69) is 243 Å². The summed E-state index contributed by atoms with van der Waals surface area (Å²) in [7, 11) is 0. The van der Waals surface area contributed by atoms with Gasteiger partial charge in [-0.25, -0.2) is 0 Å². The second kappa shape index (κ2) is 15.5. The van der Waals surface area contributed by atoms with Gasteiger partial charge in [0.25, 0.3) is 0 Å². The Morgan fingerprint density at radius 1 is 0.530 bits per heavy atom. The molecule has 0 spiro atoms. The summed E-state index contributed by atoms with van der Waals surface area (Å²) in [6, 6.07) is 72.5. The van der Waals surface area contributed by atoms with Crippen LogP contribution in [0.1, 0.15) is 57.7 Å². The number of thiophene rings is 1. The minimum atomic E-state index is -0.224. The van der Waals surface area contributed by atoms with Crippen molar-refractivity contribution in [2.24, 2.45) is 0 Å². The van der Waals surface area contributed by atoms with E-state index in [0.717, 1.165) is 48.0 Å². The van der Waals surface area contributed by atoms with Crippen LogP contribution in [0.4, 0.5) is 22.9 Å². The van der Waals surface area contributed by atoms with Crippen LogP contribution >= 0.6 is 11.3 Å². The fraction of sp³-hybridized carbons (Fsp3) is 0.161. The number of hydrogen-bond donors (Lipinski definition) is 0. The molecule has 10 aromatic rings. The molecule has 0 atom stereocenters. The van der Waals surface area contributed by atoms with Gasteiger partial charge in [0.1, 0.15) is 5.82 Å². The van der Waals surface area contributed by atoms with Crippen LogP contribution in [0.15, 0.2) is 194 Å². The molecule has 1 aliphatic heterocycles. The largest absolute Gasteiger partial charge is 0.366 e. The lowest BCUT2D eigenvalue weighted by Crippen LogP contribution is -2.44. The molecular weight excluding hydrogens is 819 g/mol. The Hall–Kier alpha value is -7.14. The first-order chi connectivity index (χ1) is 32.1. The Labute approximate surface area is 392 Å². The summed E-state index contributed by atoms with van der Waals surface area (Å²) >= 11 is 1.87. The third kappa shape index (κ3) is 6.53. The smallest absolute Gasteiger partial charge is 0.122 e. The SMILES string of the molecule is CC1(C)c2ccccc2-c2c(-c3cccc4c3CCCN4C(C)(C)C)cc(N(c3ccc(-c4ccccc4)cc3)c3ccc(-c4ccc5c(c4)sc4ccccc45)n3-c3ccccc3)cc21.